The lowest BCUT2D eigenvalue weighted by atomic mass is 9.88. The van der Waals surface area contributed by atoms with Gasteiger partial charge in [0.15, 0.2) is 0 Å². The third-order valence-corrected chi connectivity index (χ3v) is 4.17. The van der Waals surface area contributed by atoms with Crippen molar-refractivity contribution in [3.8, 4) is 0 Å². The number of hydrogen-bond acceptors (Lipinski definition) is 5. The van der Waals surface area contributed by atoms with Crippen LogP contribution in [0.2, 0.25) is 0 Å². The summed E-state index contributed by atoms with van der Waals surface area (Å²) in [6, 6.07) is 9.84. The molecular formula is C21H33NO4. The first-order valence-electron chi connectivity index (χ1n) is 9.34. The molecule has 146 valence electrons. The van der Waals surface area contributed by atoms with Gasteiger partial charge in [-0.05, 0) is 64.6 Å². The second kappa shape index (κ2) is 11.7. The highest BCUT2D eigenvalue weighted by Crippen LogP contribution is 2.22. The van der Waals surface area contributed by atoms with Crippen molar-refractivity contribution in [2.75, 3.05) is 13.1 Å². The van der Waals surface area contributed by atoms with Gasteiger partial charge in [-0.3, -0.25) is 9.59 Å². The van der Waals surface area contributed by atoms with Gasteiger partial charge in [0.25, 0.3) is 6.47 Å². The molecule has 1 N–H and O–H groups in total. The smallest absolute Gasteiger partial charge is 0.308 e. The summed E-state index contributed by atoms with van der Waals surface area (Å²) in [5.74, 6) is 0.606. The number of nitrogens with one attached hydrogen (secondary N) is 1. The molecule has 1 aromatic rings. The van der Waals surface area contributed by atoms with Crippen molar-refractivity contribution < 1.29 is 19.1 Å². The van der Waals surface area contributed by atoms with Gasteiger partial charge in [-0.15, -0.1) is 0 Å². The van der Waals surface area contributed by atoms with E-state index in [1.54, 1.807) is 0 Å². The minimum Gasteiger partial charge on any atom is -0.462 e. The molecule has 1 aromatic carbocycles. The van der Waals surface area contributed by atoms with Crippen LogP contribution >= 0.6 is 0 Å². The van der Waals surface area contributed by atoms with Crippen LogP contribution in [0.5, 0.6) is 0 Å². The number of piperidine rings is 1. The number of rotatable bonds is 6. The molecule has 5 nitrogen and oxygen atoms in total. The van der Waals surface area contributed by atoms with Gasteiger partial charge in [-0.2, -0.15) is 0 Å². The van der Waals surface area contributed by atoms with Gasteiger partial charge in [0, 0.05) is 0 Å². The predicted octanol–water partition coefficient (Wildman–Crippen LogP) is 3.71. The molecule has 26 heavy (non-hydrogen) atoms. The third-order valence-electron chi connectivity index (χ3n) is 4.17. The van der Waals surface area contributed by atoms with E-state index in [-0.39, 0.29) is 17.5 Å². The van der Waals surface area contributed by atoms with Crippen molar-refractivity contribution in [2.45, 2.75) is 59.2 Å². The highest BCUT2D eigenvalue weighted by Gasteiger charge is 2.21. The molecule has 0 radical (unpaired) electrons. The topological polar surface area (TPSA) is 64.6 Å². The fourth-order valence-corrected chi connectivity index (χ4v) is 2.73. The monoisotopic (exact) mass is 363 g/mol. The Morgan fingerprint density at radius 1 is 1.23 bits per heavy atom. The maximum atomic E-state index is 12.0. The van der Waals surface area contributed by atoms with Gasteiger partial charge in [0.2, 0.25) is 0 Å². The zero-order chi connectivity index (χ0) is 19.4. The molecule has 1 heterocycles. The fraction of sp³-hybridized carbons (Fsp3) is 0.619. The number of benzene rings is 1. The Kier molecular flexibility index (Phi) is 9.96. The van der Waals surface area contributed by atoms with E-state index in [1.165, 1.54) is 12.8 Å². The Hall–Kier alpha value is -1.88. The van der Waals surface area contributed by atoms with Crippen molar-refractivity contribution in [2.24, 2.45) is 11.8 Å². The number of ether oxygens (including phenoxy) is 2. The average molecular weight is 363 g/mol. The number of hydrogen-bond donors (Lipinski definition) is 1. The van der Waals surface area contributed by atoms with Crippen LogP contribution in [-0.2, 0) is 25.7 Å². The van der Waals surface area contributed by atoms with Gasteiger partial charge in [-0.25, -0.2) is 0 Å². The van der Waals surface area contributed by atoms with Crippen molar-refractivity contribution in [3.05, 3.63) is 35.9 Å². The van der Waals surface area contributed by atoms with Crippen LogP contribution < -0.4 is 5.32 Å². The van der Waals surface area contributed by atoms with Crippen molar-refractivity contribution in [1.29, 1.82) is 0 Å². The van der Waals surface area contributed by atoms with Crippen LogP contribution in [0.4, 0.5) is 0 Å². The average Bonchev–Trinajstić information content (AvgIpc) is 2.61. The second-order valence-electron chi connectivity index (χ2n) is 7.75. The maximum absolute atomic E-state index is 12.0. The maximum Gasteiger partial charge on any atom is 0.308 e. The molecule has 0 spiro atoms. The fourth-order valence-electron chi connectivity index (χ4n) is 2.73. The van der Waals surface area contributed by atoms with E-state index < -0.39 is 0 Å². The lowest BCUT2D eigenvalue weighted by Gasteiger charge is -2.24. The standard InChI is InChI=1S/C16H23NO2.C5H10O2/c1-13(11-14-7-9-17-10-8-14)16(18)19-12-15-5-3-2-4-6-15;1-5(2,3)7-4-6/h2-6,13-14,17H,7-12H2,1H3;4H,1-3H3. The van der Waals surface area contributed by atoms with E-state index in [1.807, 2.05) is 58.0 Å². The first kappa shape index (κ1) is 22.2. The molecule has 1 unspecified atom stereocenters. The summed E-state index contributed by atoms with van der Waals surface area (Å²) in [6.07, 6.45) is 3.31. The summed E-state index contributed by atoms with van der Waals surface area (Å²) < 4.78 is 9.93. The largest absolute Gasteiger partial charge is 0.462 e. The lowest BCUT2D eigenvalue weighted by Crippen LogP contribution is -2.29. The molecule has 1 aliphatic rings. The van der Waals surface area contributed by atoms with Gasteiger partial charge in [0.05, 0.1) is 5.92 Å². The van der Waals surface area contributed by atoms with E-state index in [9.17, 15) is 9.59 Å². The lowest BCUT2D eigenvalue weighted by molar-refractivity contribution is -0.150. The summed E-state index contributed by atoms with van der Waals surface area (Å²) in [4.78, 5) is 21.6. The van der Waals surface area contributed by atoms with E-state index in [0.29, 0.717) is 19.0 Å². The van der Waals surface area contributed by atoms with E-state index in [4.69, 9.17) is 4.74 Å². The van der Waals surface area contributed by atoms with Gasteiger partial charge in [0.1, 0.15) is 12.2 Å². The zero-order valence-corrected chi connectivity index (χ0v) is 16.5. The Morgan fingerprint density at radius 3 is 2.35 bits per heavy atom. The van der Waals surface area contributed by atoms with Gasteiger partial charge in [-0.1, -0.05) is 37.3 Å². The van der Waals surface area contributed by atoms with Crippen LogP contribution in [0.15, 0.2) is 30.3 Å². The zero-order valence-electron chi connectivity index (χ0n) is 16.5. The molecule has 0 aromatic heterocycles. The minimum atomic E-state index is -0.318. The Bertz CT molecular complexity index is 519. The molecule has 0 bridgehead atoms. The number of carbonyl (C=O) groups excluding carboxylic acids is 2. The number of carbonyl (C=O) groups is 2. The van der Waals surface area contributed by atoms with Crippen molar-refractivity contribution in [3.63, 3.8) is 0 Å². The first-order chi connectivity index (χ1) is 12.3. The van der Waals surface area contributed by atoms with Gasteiger partial charge < -0.3 is 14.8 Å². The van der Waals surface area contributed by atoms with E-state index in [0.717, 1.165) is 25.1 Å². The first-order valence-corrected chi connectivity index (χ1v) is 9.34. The van der Waals surface area contributed by atoms with E-state index >= 15 is 0 Å². The molecule has 5 heteroatoms. The van der Waals surface area contributed by atoms with Crippen molar-refractivity contribution in [1.82, 2.24) is 5.32 Å². The highest BCUT2D eigenvalue weighted by atomic mass is 16.5. The summed E-state index contributed by atoms with van der Waals surface area (Å²) in [7, 11) is 0. The SMILES string of the molecule is CC(C)(C)OC=O.CC(CC1CCNCC1)C(=O)OCc1ccccc1. The van der Waals surface area contributed by atoms with Crippen LogP contribution in [0.3, 0.4) is 0 Å². The molecule has 0 saturated carbocycles. The Morgan fingerprint density at radius 2 is 1.85 bits per heavy atom. The van der Waals surface area contributed by atoms with Crippen molar-refractivity contribution >= 4 is 12.4 Å². The molecule has 2 rings (SSSR count). The van der Waals surface area contributed by atoms with Crippen LogP contribution in [0.25, 0.3) is 0 Å². The minimum absolute atomic E-state index is 0.00631. The summed E-state index contributed by atoms with van der Waals surface area (Å²) >= 11 is 0. The summed E-state index contributed by atoms with van der Waals surface area (Å²) in [5.41, 5.74) is 0.729. The van der Waals surface area contributed by atoms with Gasteiger partial charge >= 0.3 is 5.97 Å². The van der Waals surface area contributed by atoms with E-state index in [2.05, 4.69) is 10.1 Å². The second-order valence-corrected chi connectivity index (χ2v) is 7.75. The third kappa shape index (κ3) is 10.2. The molecule has 0 amide bonds. The van der Waals surface area contributed by atoms with Crippen LogP contribution in [0, 0.1) is 11.8 Å². The molecule has 1 saturated heterocycles. The molecule has 0 aliphatic carbocycles. The molecule has 1 atom stereocenters. The van der Waals surface area contributed by atoms with Crippen LogP contribution in [0.1, 0.15) is 52.5 Å². The quantitative estimate of drug-likeness (QED) is 0.616. The highest BCUT2D eigenvalue weighted by molar-refractivity contribution is 5.72. The molecule has 1 aliphatic heterocycles. The van der Waals surface area contributed by atoms with Crippen LogP contribution in [-0.4, -0.2) is 31.1 Å². The predicted molar refractivity (Wildman–Crippen MR) is 103 cm³/mol. The Balaban J connectivity index is 0.000000412. The molecular weight excluding hydrogens is 330 g/mol. The molecule has 1 fully saturated rings. The number of esters is 1. The Labute approximate surface area is 157 Å². The summed E-state index contributed by atoms with van der Waals surface area (Å²) in [5, 5.41) is 3.35. The normalized spacial score (nSPS) is 16.0. The summed E-state index contributed by atoms with van der Waals surface area (Å²) in [6.45, 7) is 10.4.